The van der Waals surface area contributed by atoms with Crippen molar-refractivity contribution in [2.75, 3.05) is 5.73 Å². The number of nitrogens with zero attached hydrogens (tertiary/aromatic N) is 2. The van der Waals surface area contributed by atoms with Crippen LogP contribution in [0.5, 0.6) is 5.88 Å². The first kappa shape index (κ1) is 18.6. The average Bonchev–Trinajstić information content (AvgIpc) is 3.11. The quantitative estimate of drug-likeness (QED) is 0.529. The molecule has 0 spiro atoms. The third-order valence-corrected chi connectivity index (χ3v) is 3.90. The molecule has 0 saturated heterocycles. The van der Waals surface area contributed by atoms with Gasteiger partial charge in [0.05, 0.1) is 17.3 Å². The number of halogens is 2. The van der Waals surface area contributed by atoms with Gasteiger partial charge in [0.15, 0.2) is 0 Å². The van der Waals surface area contributed by atoms with Crippen molar-refractivity contribution in [3.8, 4) is 17.1 Å². The van der Waals surface area contributed by atoms with E-state index in [2.05, 4.69) is 20.3 Å². The lowest BCUT2D eigenvalue weighted by Gasteiger charge is -2.06. The standard InChI is InChI=1S/C17H15ClFN5O3/c18-12-3-9(1-2-13(12)19)5-23-17(26)27-14-4-10(6-21-14)15-11(8-25)7-22-16(20)24-15/h1-4,6-7,21,25H,5,8H2,(H,23,26)(H2,20,22,24). The normalized spacial score (nSPS) is 10.6. The van der Waals surface area contributed by atoms with Crippen molar-refractivity contribution in [2.45, 2.75) is 13.2 Å². The number of nitrogens with one attached hydrogen (secondary N) is 2. The molecular weight excluding hydrogens is 377 g/mol. The van der Waals surface area contributed by atoms with Gasteiger partial charge in [0.25, 0.3) is 0 Å². The fourth-order valence-electron chi connectivity index (χ4n) is 2.31. The molecule has 27 heavy (non-hydrogen) atoms. The molecule has 0 aliphatic heterocycles. The Bertz CT molecular complexity index is 979. The number of carbonyl (C=O) groups is 1. The molecule has 1 amide bonds. The number of rotatable bonds is 5. The highest BCUT2D eigenvalue weighted by Gasteiger charge is 2.13. The van der Waals surface area contributed by atoms with Crippen LogP contribution >= 0.6 is 11.6 Å². The number of hydrogen-bond acceptors (Lipinski definition) is 6. The smallest absolute Gasteiger partial charge is 0.393 e. The molecule has 2 aromatic heterocycles. The second-order valence-electron chi connectivity index (χ2n) is 5.50. The number of aromatic amines is 1. The largest absolute Gasteiger partial charge is 0.414 e. The summed E-state index contributed by atoms with van der Waals surface area (Å²) in [5, 5.41) is 11.9. The van der Waals surface area contributed by atoms with E-state index in [9.17, 15) is 14.3 Å². The molecule has 0 atom stereocenters. The predicted molar refractivity (Wildman–Crippen MR) is 96.4 cm³/mol. The SMILES string of the molecule is Nc1ncc(CO)c(-c2c[nH]c(OC(=O)NCc3ccc(F)c(Cl)c3)c2)n1. The van der Waals surface area contributed by atoms with Gasteiger partial charge in [0.1, 0.15) is 5.82 Å². The van der Waals surface area contributed by atoms with E-state index in [0.717, 1.165) is 0 Å². The third kappa shape index (κ3) is 4.52. The highest BCUT2D eigenvalue weighted by Crippen LogP contribution is 2.25. The van der Waals surface area contributed by atoms with Gasteiger partial charge in [0, 0.05) is 36.1 Å². The van der Waals surface area contributed by atoms with Crippen molar-refractivity contribution >= 4 is 23.6 Å². The van der Waals surface area contributed by atoms with Gasteiger partial charge in [-0.2, -0.15) is 0 Å². The van der Waals surface area contributed by atoms with Gasteiger partial charge in [-0.05, 0) is 17.7 Å². The van der Waals surface area contributed by atoms with Crippen LogP contribution in [0.25, 0.3) is 11.3 Å². The van der Waals surface area contributed by atoms with Gasteiger partial charge in [-0.3, -0.25) is 0 Å². The Hall–Kier alpha value is -3.17. The number of anilines is 1. The lowest BCUT2D eigenvalue weighted by atomic mass is 10.1. The summed E-state index contributed by atoms with van der Waals surface area (Å²) in [6.07, 6.45) is 2.27. The summed E-state index contributed by atoms with van der Waals surface area (Å²) < 4.78 is 18.3. The number of carbonyl (C=O) groups excluding carboxylic acids is 1. The maximum absolute atomic E-state index is 13.1. The van der Waals surface area contributed by atoms with Crippen molar-refractivity contribution in [1.82, 2.24) is 20.3 Å². The van der Waals surface area contributed by atoms with Crippen molar-refractivity contribution in [2.24, 2.45) is 0 Å². The molecule has 0 fully saturated rings. The van der Waals surface area contributed by atoms with E-state index < -0.39 is 11.9 Å². The molecule has 2 heterocycles. The first-order valence-corrected chi connectivity index (χ1v) is 8.14. The number of H-pyrrole nitrogens is 1. The average molecular weight is 392 g/mol. The maximum Gasteiger partial charge on any atom is 0.414 e. The second kappa shape index (κ2) is 8.02. The van der Waals surface area contributed by atoms with Crippen LogP contribution in [0, 0.1) is 5.82 Å². The monoisotopic (exact) mass is 391 g/mol. The van der Waals surface area contributed by atoms with Gasteiger partial charge in [0.2, 0.25) is 11.8 Å². The van der Waals surface area contributed by atoms with E-state index in [1.54, 1.807) is 6.20 Å². The lowest BCUT2D eigenvalue weighted by molar-refractivity contribution is 0.198. The number of nitrogens with two attached hydrogens (primary N) is 1. The molecule has 0 unspecified atom stereocenters. The zero-order valence-corrected chi connectivity index (χ0v) is 14.6. The zero-order chi connectivity index (χ0) is 19.4. The fourth-order valence-corrected chi connectivity index (χ4v) is 2.52. The summed E-state index contributed by atoms with van der Waals surface area (Å²) in [6.45, 7) is -0.152. The molecule has 10 heteroatoms. The van der Waals surface area contributed by atoms with Gasteiger partial charge in [-0.15, -0.1) is 0 Å². The minimum absolute atomic E-state index is 0.0273. The number of aromatic nitrogens is 3. The minimum atomic E-state index is -0.714. The van der Waals surface area contributed by atoms with E-state index in [1.807, 2.05) is 0 Å². The van der Waals surface area contributed by atoms with Crippen LogP contribution in [0.4, 0.5) is 15.1 Å². The topological polar surface area (TPSA) is 126 Å². The Morgan fingerprint density at radius 2 is 2.22 bits per heavy atom. The molecule has 1 aromatic carbocycles. The van der Waals surface area contributed by atoms with Crippen LogP contribution in [-0.2, 0) is 13.2 Å². The summed E-state index contributed by atoms with van der Waals surface area (Å²) in [5.41, 5.74) is 7.68. The minimum Gasteiger partial charge on any atom is -0.393 e. The van der Waals surface area contributed by atoms with E-state index in [0.29, 0.717) is 22.4 Å². The maximum atomic E-state index is 13.1. The van der Waals surface area contributed by atoms with Crippen molar-refractivity contribution in [3.05, 3.63) is 58.6 Å². The summed E-state index contributed by atoms with van der Waals surface area (Å²) in [4.78, 5) is 22.6. The molecule has 5 N–H and O–H groups in total. The Labute approximate surface area is 158 Å². The van der Waals surface area contributed by atoms with Gasteiger partial charge in [-0.25, -0.2) is 19.2 Å². The molecule has 0 bridgehead atoms. The van der Waals surface area contributed by atoms with Gasteiger partial charge in [-0.1, -0.05) is 17.7 Å². The second-order valence-corrected chi connectivity index (χ2v) is 5.91. The van der Waals surface area contributed by atoms with Crippen molar-refractivity contribution in [1.29, 1.82) is 0 Å². The molecule has 0 saturated carbocycles. The number of ether oxygens (including phenoxy) is 1. The first-order chi connectivity index (χ1) is 13.0. The Morgan fingerprint density at radius 1 is 1.41 bits per heavy atom. The summed E-state index contributed by atoms with van der Waals surface area (Å²) in [5.74, 6) is -0.309. The van der Waals surface area contributed by atoms with Crippen LogP contribution in [0.15, 0.2) is 36.7 Å². The molecule has 3 rings (SSSR count). The molecule has 0 radical (unpaired) electrons. The molecule has 3 aromatic rings. The number of aliphatic hydroxyl groups excluding tert-OH is 1. The molecule has 0 aliphatic rings. The number of benzene rings is 1. The first-order valence-electron chi connectivity index (χ1n) is 7.77. The van der Waals surface area contributed by atoms with Crippen LogP contribution in [0.3, 0.4) is 0 Å². The number of nitrogen functional groups attached to an aromatic ring is 1. The predicted octanol–water partition coefficient (Wildman–Crippen LogP) is 2.63. The molecule has 140 valence electrons. The van der Waals surface area contributed by atoms with Gasteiger partial charge >= 0.3 is 6.09 Å². The Morgan fingerprint density at radius 3 is 2.96 bits per heavy atom. The lowest BCUT2D eigenvalue weighted by Crippen LogP contribution is -2.26. The zero-order valence-electron chi connectivity index (χ0n) is 13.9. The molecular formula is C17H15ClFN5O3. The van der Waals surface area contributed by atoms with Crippen LogP contribution in [0.1, 0.15) is 11.1 Å². The highest BCUT2D eigenvalue weighted by molar-refractivity contribution is 6.30. The number of hydrogen-bond donors (Lipinski definition) is 4. The summed E-state index contributed by atoms with van der Waals surface area (Å²) in [6, 6.07) is 5.67. The third-order valence-electron chi connectivity index (χ3n) is 3.61. The van der Waals surface area contributed by atoms with Crippen molar-refractivity contribution in [3.63, 3.8) is 0 Å². The summed E-state index contributed by atoms with van der Waals surface area (Å²) >= 11 is 5.69. The molecule has 0 aliphatic carbocycles. The Kier molecular flexibility index (Phi) is 5.53. The Balaban J connectivity index is 1.64. The number of amides is 1. The van der Waals surface area contributed by atoms with E-state index in [1.165, 1.54) is 30.5 Å². The highest BCUT2D eigenvalue weighted by atomic mass is 35.5. The van der Waals surface area contributed by atoms with Gasteiger partial charge < -0.3 is 25.9 Å². The van der Waals surface area contributed by atoms with Crippen LogP contribution in [0.2, 0.25) is 5.02 Å². The molecule has 8 nitrogen and oxygen atoms in total. The number of aliphatic hydroxyl groups is 1. The van der Waals surface area contributed by atoms with E-state index in [-0.39, 0.29) is 30.0 Å². The van der Waals surface area contributed by atoms with Crippen LogP contribution in [-0.4, -0.2) is 26.2 Å². The van der Waals surface area contributed by atoms with Crippen molar-refractivity contribution < 1.29 is 19.0 Å². The summed E-state index contributed by atoms with van der Waals surface area (Å²) in [7, 11) is 0. The van der Waals surface area contributed by atoms with E-state index >= 15 is 0 Å². The van der Waals surface area contributed by atoms with E-state index in [4.69, 9.17) is 22.1 Å². The van der Waals surface area contributed by atoms with Crippen LogP contribution < -0.4 is 15.8 Å². The fraction of sp³-hybridized carbons (Fsp3) is 0.118.